The zero-order chi connectivity index (χ0) is 20.4. The molecule has 28 heavy (non-hydrogen) atoms. The van der Waals surface area contributed by atoms with E-state index in [-0.39, 0.29) is 5.76 Å². The summed E-state index contributed by atoms with van der Waals surface area (Å²) < 4.78 is 16.3. The summed E-state index contributed by atoms with van der Waals surface area (Å²) in [6.45, 7) is 4.98. The molecule has 2 aromatic carbocycles. The molecule has 0 saturated heterocycles. The van der Waals surface area contributed by atoms with Gasteiger partial charge in [0.25, 0.3) is 0 Å². The molecule has 0 amide bonds. The standard InChI is InChI=1S/C23H29NO4/c1-5-7-13-28-21-14-17(15-22(27-6-2)23(25)26-4)11-12-20(21)18-9-8-10-19(16-18)24-3/h8-12,14-16,24H,5-7,13H2,1-4H3. The molecule has 1 N–H and O–H groups in total. The Morgan fingerprint density at radius 3 is 2.64 bits per heavy atom. The summed E-state index contributed by atoms with van der Waals surface area (Å²) in [6, 6.07) is 14.0. The second-order valence-corrected chi connectivity index (χ2v) is 6.22. The van der Waals surface area contributed by atoms with Crippen LogP contribution in [0.1, 0.15) is 32.3 Å². The number of methoxy groups -OCH3 is 1. The Morgan fingerprint density at radius 2 is 1.96 bits per heavy atom. The van der Waals surface area contributed by atoms with Crippen molar-refractivity contribution < 1.29 is 19.0 Å². The van der Waals surface area contributed by atoms with Crippen molar-refractivity contribution in [3.05, 3.63) is 53.8 Å². The average Bonchev–Trinajstić information content (AvgIpc) is 2.73. The van der Waals surface area contributed by atoms with Gasteiger partial charge in [-0.05, 0) is 48.7 Å². The fourth-order valence-corrected chi connectivity index (χ4v) is 2.72. The van der Waals surface area contributed by atoms with E-state index in [1.165, 1.54) is 7.11 Å². The van der Waals surface area contributed by atoms with Crippen molar-refractivity contribution in [1.29, 1.82) is 0 Å². The molecule has 0 aliphatic carbocycles. The molecular weight excluding hydrogens is 354 g/mol. The van der Waals surface area contributed by atoms with E-state index in [9.17, 15) is 4.79 Å². The first-order valence-electron chi connectivity index (χ1n) is 9.60. The molecule has 0 radical (unpaired) electrons. The van der Waals surface area contributed by atoms with Gasteiger partial charge in [-0.15, -0.1) is 0 Å². The van der Waals surface area contributed by atoms with E-state index in [2.05, 4.69) is 24.4 Å². The Labute approximate surface area is 167 Å². The third-order valence-electron chi connectivity index (χ3n) is 4.21. The molecule has 0 aliphatic rings. The summed E-state index contributed by atoms with van der Waals surface area (Å²) in [5, 5.41) is 3.16. The van der Waals surface area contributed by atoms with E-state index in [0.29, 0.717) is 13.2 Å². The lowest BCUT2D eigenvalue weighted by Gasteiger charge is -2.14. The zero-order valence-electron chi connectivity index (χ0n) is 17.1. The lowest BCUT2D eigenvalue weighted by atomic mass is 10.0. The Morgan fingerprint density at radius 1 is 1.14 bits per heavy atom. The molecule has 0 fully saturated rings. The van der Waals surface area contributed by atoms with E-state index in [1.807, 2.05) is 44.3 Å². The Bertz CT molecular complexity index is 814. The molecular formula is C23H29NO4. The third-order valence-corrected chi connectivity index (χ3v) is 4.21. The van der Waals surface area contributed by atoms with E-state index in [0.717, 1.165) is 41.0 Å². The molecule has 5 nitrogen and oxygen atoms in total. The maximum absolute atomic E-state index is 11.9. The van der Waals surface area contributed by atoms with Crippen molar-refractivity contribution in [2.45, 2.75) is 26.7 Å². The van der Waals surface area contributed by atoms with E-state index in [1.54, 1.807) is 6.08 Å². The lowest BCUT2D eigenvalue weighted by Crippen LogP contribution is -2.08. The zero-order valence-corrected chi connectivity index (χ0v) is 17.1. The number of anilines is 1. The van der Waals surface area contributed by atoms with Gasteiger partial charge < -0.3 is 19.5 Å². The summed E-state index contributed by atoms with van der Waals surface area (Å²) in [6.07, 6.45) is 3.71. The molecule has 2 aromatic rings. The van der Waals surface area contributed by atoms with Crippen molar-refractivity contribution >= 4 is 17.7 Å². The molecule has 5 heteroatoms. The van der Waals surface area contributed by atoms with Crippen molar-refractivity contribution in [3.8, 4) is 16.9 Å². The van der Waals surface area contributed by atoms with Crippen LogP contribution in [0.5, 0.6) is 5.75 Å². The second kappa shape index (κ2) is 11.0. The minimum absolute atomic E-state index is 0.175. The minimum Gasteiger partial charge on any atom is -0.493 e. The summed E-state index contributed by atoms with van der Waals surface area (Å²) in [4.78, 5) is 11.9. The second-order valence-electron chi connectivity index (χ2n) is 6.22. The van der Waals surface area contributed by atoms with Gasteiger partial charge in [0, 0.05) is 18.3 Å². The number of rotatable bonds is 10. The molecule has 150 valence electrons. The molecule has 0 heterocycles. The van der Waals surface area contributed by atoms with Gasteiger partial charge in [-0.3, -0.25) is 0 Å². The fourth-order valence-electron chi connectivity index (χ4n) is 2.72. The Hall–Kier alpha value is -2.95. The highest BCUT2D eigenvalue weighted by Gasteiger charge is 2.13. The van der Waals surface area contributed by atoms with E-state index >= 15 is 0 Å². The number of unbranched alkanes of at least 4 members (excludes halogenated alkanes) is 1. The van der Waals surface area contributed by atoms with Crippen LogP contribution in [-0.4, -0.2) is 33.3 Å². The summed E-state index contributed by atoms with van der Waals surface area (Å²) in [5.41, 5.74) is 3.91. The first kappa shape index (κ1) is 21.4. The molecule has 0 bridgehead atoms. The molecule has 0 aliphatic heterocycles. The highest BCUT2D eigenvalue weighted by molar-refractivity contribution is 5.91. The van der Waals surface area contributed by atoms with Gasteiger partial charge in [0.2, 0.25) is 5.76 Å². The molecule has 0 saturated carbocycles. The number of carbonyl (C=O) groups excluding carboxylic acids is 1. The van der Waals surface area contributed by atoms with E-state index < -0.39 is 5.97 Å². The van der Waals surface area contributed by atoms with Crippen LogP contribution in [-0.2, 0) is 14.3 Å². The molecule has 0 aromatic heterocycles. The van der Waals surface area contributed by atoms with Crippen LogP contribution in [0.3, 0.4) is 0 Å². The number of esters is 1. The maximum Gasteiger partial charge on any atom is 0.373 e. The predicted molar refractivity (Wildman–Crippen MR) is 113 cm³/mol. The van der Waals surface area contributed by atoms with Crippen molar-refractivity contribution in [3.63, 3.8) is 0 Å². The summed E-state index contributed by atoms with van der Waals surface area (Å²) >= 11 is 0. The third kappa shape index (κ3) is 5.78. The van der Waals surface area contributed by atoms with Gasteiger partial charge in [0.1, 0.15) is 5.75 Å². The quantitative estimate of drug-likeness (QED) is 0.267. The number of carbonyl (C=O) groups is 1. The smallest absolute Gasteiger partial charge is 0.373 e. The number of nitrogens with one attached hydrogen (secondary N) is 1. The Balaban J connectivity index is 2.45. The normalized spacial score (nSPS) is 11.1. The maximum atomic E-state index is 11.9. The number of ether oxygens (including phenoxy) is 3. The molecule has 0 spiro atoms. The topological polar surface area (TPSA) is 56.8 Å². The summed E-state index contributed by atoms with van der Waals surface area (Å²) in [5.74, 6) is 0.451. The highest BCUT2D eigenvalue weighted by atomic mass is 16.6. The van der Waals surface area contributed by atoms with Crippen LogP contribution in [0.2, 0.25) is 0 Å². The van der Waals surface area contributed by atoms with Crippen LogP contribution in [0.15, 0.2) is 48.2 Å². The van der Waals surface area contributed by atoms with Gasteiger partial charge in [-0.2, -0.15) is 0 Å². The summed E-state index contributed by atoms with van der Waals surface area (Å²) in [7, 11) is 3.24. The van der Waals surface area contributed by atoms with Crippen molar-refractivity contribution in [2.24, 2.45) is 0 Å². The lowest BCUT2D eigenvalue weighted by molar-refractivity contribution is -0.139. The molecule has 0 unspecified atom stereocenters. The monoisotopic (exact) mass is 383 g/mol. The average molecular weight is 383 g/mol. The number of hydrogen-bond donors (Lipinski definition) is 1. The minimum atomic E-state index is -0.499. The van der Waals surface area contributed by atoms with Gasteiger partial charge in [0.05, 0.1) is 20.3 Å². The van der Waals surface area contributed by atoms with Crippen molar-refractivity contribution in [2.75, 3.05) is 32.7 Å². The van der Waals surface area contributed by atoms with Gasteiger partial charge in [-0.1, -0.05) is 37.6 Å². The van der Waals surface area contributed by atoms with Gasteiger partial charge in [0.15, 0.2) is 0 Å². The van der Waals surface area contributed by atoms with Gasteiger partial charge in [-0.25, -0.2) is 4.79 Å². The Kier molecular flexibility index (Phi) is 8.40. The molecule has 0 atom stereocenters. The van der Waals surface area contributed by atoms with Crippen LogP contribution >= 0.6 is 0 Å². The van der Waals surface area contributed by atoms with Crippen LogP contribution in [0.25, 0.3) is 17.2 Å². The van der Waals surface area contributed by atoms with Crippen molar-refractivity contribution in [1.82, 2.24) is 0 Å². The first-order chi connectivity index (χ1) is 13.6. The SMILES string of the molecule is CCCCOc1cc(C=C(OCC)C(=O)OC)ccc1-c1cccc(NC)c1. The van der Waals surface area contributed by atoms with E-state index in [4.69, 9.17) is 14.2 Å². The van der Waals surface area contributed by atoms with Crippen LogP contribution < -0.4 is 10.1 Å². The van der Waals surface area contributed by atoms with Crippen LogP contribution in [0, 0.1) is 0 Å². The predicted octanol–water partition coefficient (Wildman–Crippen LogP) is 5.12. The van der Waals surface area contributed by atoms with Gasteiger partial charge >= 0.3 is 5.97 Å². The number of hydrogen-bond acceptors (Lipinski definition) is 5. The fraction of sp³-hybridized carbons (Fsp3) is 0.348. The molecule has 2 rings (SSSR count). The highest BCUT2D eigenvalue weighted by Crippen LogP contribution is 2.33. The van der Waals surface area contributed by atoms with Crippen LogP contribution in [0.4, 0.5) is 5.69 Å². The first-order valence-corrected chi connectivity index (χ1v) is 9.60. The number of benzene rings is 2. The largest absolute Gasteiger partial charge is 0.493 e.